The molecule has 0 fully saturated rings. The first-order valence-corrected chi connectivity index (χ1v) is 20.5. The standard InChI is InChI=1S/C24H15FNS.C19H26NSi.Ir/c1-15-14-26-22(13-21(15)16-6-3-2-4-7-16)20-9-5-8-19-18-11-10-17(25)12-23(18)27-24(19)20;1-19(2,3)13-16-12-17(15-10-8-7-9-11-15)20-14-18(16)21(4,5)6;/h2-8,10-14H,1H3;7-10,12,14H,13H2,1-6H3;/q2*-1;/i1D3;;. The Bertz CT molecular complexity index is 2310. The minimum absolute atomic E-state index is 0. The maximum absolute atomic E-state index is 13.7. The summed E-state index contributed by atoms with van der Waals surface area (Å²) in [6.45, 7) is 11.8. The van der Waals surface area contributed by atoms with Crippen LogP contribution in [0.2, 0.25) is 19.6 Å². The van der Waals surface area contributed by atoms with Crippen LogP contribution >= 0.6 is 11.3 Å². The average Bonchev–Trinajstić information content (AvgIpc) is 3.45. The summed E-state index contributed by atoms with van der Waals surface area (Å²) < 4.78 is 39.3. The monoisotopic (exact) mass is 860 g/mol. The van der Waals surface area contributed by atoms with E-state index in [-0.39, 0.29) is 36.9 Å². The summed E-state index contributed by atoms with van der Waals surface area (Å²) in [7, 11) is -1.37. The second kappa shape index (κ2) is 15.0. The zero-order chi connectivity index (χ0) is 36.6. The normalized spacial score (nSPS) is 12.8. The molecule has 0 amide bonds. The molecular weight excluding hydrogens is 816 g/mol. The molecule has 0 unspecified atom stereocenters. The number of benzene rings is 4. The van der Waals surface area contributed by atoms with Crippen LogP contribution < -0.4 is 5.19 Å². The van der Waals surface area contributed by atoms with Gasteiger partial charge in [-0.25, -0.2) is 4.39 Å². The maximum atomic E-state index is 13.7. The van der Waals surface area contributed by atoms with Crippen LogP contribution in [0.25, 0.3) is 53.8 Å². The van der Waals surface area contributed by atoms with Gasteiger partial charge in [-0.3, -0.25) is 0 Å². The Morgan fingerprint density at radius 1 is 0.816 bits per heavy atom. The van der Waals surface area contributed by atoms with E-state index in [0.29, 0.717) is 11.3 Å². The first-order valence-electron chi connectivity index (χ1n) is 17.6. The molecule has 7 aromatic rings. The number of nitrogens with zero attached hydrogens (tertiary/aromatic N) is 2. The molecule has 0 saturated carbocycles. The second-order valence-electron chi connectivity index (χ2n) is 14.3. The summed E-state index contributed by atoms with van der Waals surface area (Å²) in [6.07, 6.45) is 4.64. The SMILES string of the molecule is CC(C)(C)Cc1cc(-c2[c-]cccc2)ncc1[Si](C)(C)C.[2H]C([2H])([2H])c1cnc(-c2[c-]ccc3c2sc2cc(F)ccc23)cc1-c1ccccc1.[Ir]. The molecule has 0 N–H and O–H groups in total. The number of hydrogen-bond acceptors (Lipinski definition) is 3. The number of fused-ring (bicyclic) bond motifs is 3. The third-order valence-electron chi connectivity index (χ3n) is 8.14. The van der Waals surface area contributed by atoms with Crippen molar-refractivity contribution in [3.63, 3.8) is 0 Å². The van der Waals surface area contributed by atoms with E-state index in [1.54, 1.807) is 6.07 Å². The van der Waals surface area contributed by atoms with E-state index in [2.05, 4.69) is 75.9 Å². The number of thiophene rings is 1. The van der Waals surface area contributed by atoms with Gasteiger partial charge < -0.3 is 9.97 Å². The summed E-state index contributed by atoms with van der Waals surface area (Å²) >= 11 is 1.49. The largest absolute Gasteiger partial charge is 0.305 e. The van der Waals surface area contributed by atoms with Crippen LogP contribution in [-0.4, -0.2) is 18.0 Å². The van der Waals surface area contributed by atoms with Crippen LogP contribution in [0, 0.1) is 30.2 Å². The quantitative estimate of drug-likeness (QED) is 0.127. The minimum atomic E-state index is -2.28. The molecule has 6 heteroatoms. The molecule has 49 heavy (non-hydrogen) atoms. The Morgan fingerprint density at radius 2 is 1.57 bits per heavy atom. The summed E-state index contributed by atoms with van der Waals surface area (Å²) in [4.78, 5) is 9.19. The van der Waals surface area contributed by atoms with E-state index in [4.69, 9.17) is 9.10 Å². The molecule has 251 valence electrons. The van der Waals surface area contributed by atoms with Gasteiger partial charge in [-0.05, 0) is 74.2 Å². The van der Waals surface area contributed by atoms with Crippen molar-refractivity contribution < 1.29 is 28.6 Å². The molecular formula is C43H41FIrN2SSi-2. The predicted octanol–water partition coefficient (Wildman–Crippen LogP) is 11.7. The van der Waals surface area contributed by atoms with E-state index in [0.717, 1.165) is 49.0 Å². The zero-order valence-corrected chi connectivity index (χ0v) is 32.8. The minimum Gasteiger partial charge on any atom is -0.305 e. The fourth-order valence-electron chi connectivity index (χ4n) is 5.94. The number of hydrogen-bond donors (Lipinski definition) is 0. The van der Waals surface area contributed by atoms with Gasteiger partial charge in [0, 0.05) is 41.3 Å². The Kier molecular flexibility index (Phi) is 9.91. The van der Waals surface area contributed by atoms with Gasteiger partial charge in [-0.2, -0.15) is 11.3 Å². The summed E-state index contributed by atoms with van der Waals surface area (Å²) in [6, 6.07) is 36.7. The molecule has 0 aliphatic heterocycles. The van der Waals surface area contributed by atoms with Crippen LogP contribution in [0.4, 0.5) is 4.39 Å². The number of rotatable bonds is 5. The van der Waals surface area contributed by atoms with Crippen molar-refractivity contribution in [2.75, 3.05) is 0 Å². The number of aromatic nitrogens is 2. The van der Waals surface area contributed by atoms with Gasteiger partial charge in [0.25, 0.3) is 0 Å². The summed E-state index contributed by atoms with van der Waals surface area (Å²) in [5, 5.41) is 3.47. The van der Waals surface area contributed by atoms with Crippen molar-refractivity contribution in [3.05, 3.63) is 139 Å². The Labute approximate surface area is 313 Å². The van der Waals surface area contributed by atoms with Crippen molar-refractivity contribution in [1.82, 2.24) is 9.97 Å². The van der Waals surface area contributed by atoms with E-state index in [1.165, 1.54) is 40.4 Å². The molecule has 0 bridgehead atoms. The number of halogens is 1. The van der Waals surface area contributed by atoms with Crippen LogP contribution in [-0.2, 0) is 26.5 Å². The molecule has 3 aromatic heterocycles. The van der Waals surface area contributed by atoms with E-state index < -0.39 is 14.9 Å². The first kappa shape index (κ1) is 32.4. The third-order valence-corrected chi connectivity index (χ3v) is 11.4. The van der Waals surface area contributed by atoms with Crippen molar-refractivity contribution in [2.24, 2.45) is 5.41 Å². The Morgan fingerprint density at radius 3 is 2.27 bits per heavy atom. The van der Waals surface area contributed by atoms with Gasteiger partial charge in [0.2, 0.25) is 0 Å². The summed E-state index contributed by atoms with van der Waals surface area (Å²) in [5.74, 6) is -0.272. The van der Waals surface area contributed by atoms with Gasteiger partial charge in [-0.1, -0.05) is 99.9 Å². The molecule has 3 heterocycles. The zero-order valence-electron chi connectivity index (χ0n) is 31.6. The Hall–Kier alpha value is -3.80. The fourth-order valence-corrected chi connectivity index (χ4v) is 8.75. The van der Waals surface area contributed by atoms with Crippen molar-refractivity contribution in [3.8, 4) is 33.6 Å². The van der Waals surface area contributed by atoms with Gasteiger partial charge >= 0.3 is 0 Å². The van der Waals surface area contributed by atoms with Crippen molar-refractivity contribution in [1.29, 1.82) is 0 Å². The van der Waals surface area contributed by atoms with E-state index >= 15 is 0 Å². The Balaban J connectivity index is 0.000000210. The predicted molar refractivity (Wildman–Crippen MR) is 206 cm³/mol. The molecule has 0 saturated heterocycles. The second-order valence-corrected chi connectivity index (χ2v) is 20.4. The molecule has 4 aromatic carbocycles. The van der Waals surface area contributed by atoms with E-state index in [9.17, 15) is 4.39 Å². The first-order chi connectivity index (χ1) is 24.1. The maximum Gasteiger partial charge on any atom is 0.124 e. The third kappa shape index (κ3) is 8.50. The van der Waals surface area contributed by atoms with Crippen LogP contribution in [0.3, 0.4) is 0 Å². The van der Waals surface area contributed by atoms with Gasteiger partial charge in [-0.15, -0.1) is 59.7 Å². The van der Waals surface area contributed by atoms with Crippen molar-refractivity contribution in [2.45, 2.75) is 53.7 Å². The average molecular weight is 860 g/mol. The van der Waals surface area contributed by atoms with E-state index in [1.807, 2.05) is 66.7 Å². The molecule has 2 nitrogen and oxygen atoms in total. The van der Waals surface area contributed by atoms with Gasteiger partial charge in [0.05, 0.1) is 8.07 Å². The molecule has 0 atom stereocenters. The van der Waals surface area contributed by atoms with Gasteiger partial charge in [0.1, 0.15) is 5.82 Å². The van der Waals surface area contributed by atoms with Crippen LogP contribution in [0.5, 0.6) is 0 Å². The molecule has 7 rings (SSSR count). The summed E-state index contributed by atoms with van der Waals surface area (Å²) in [5.41, 5.74) is 6.94. The van der Waals surface area contributed by atoms with Crippen LogP contribution in [0.1, 0.15) is 36.0 Å². The fraction of sp³-hybridized carbons (Fsp3) is 0.209. The number of pyridine rings is 2. The van der Waals surface area contributed by atoms with Crippen molar-refractivity contribution >= 4 is 44.8 Å². The molecule has 0 aliphatic rings. The van der Waals surface area contributed by atoms with Crippen LogP contribution in [0.15, 0.2) is 109 Å². The molecule has 1 radical (unpaired) electrons. The molecule has 0 spiro atoms. The smallest absolute Gasteiger partial charge is 0.124 e. The van der Waals surface area contributed by atoms with Gasteiger partial charge in [0.15, 0.2) is 0 Å². The topological polar surface area (TPSA) is 25.8 Å². The molecule has 0 aliphatic carbocycles. The number of aryl methyl sites for hydroxylation is 1.